The van der Waals surface area contributed by atoms with Crippen molar-refractivity contribution in [3.8, 4) is 0 Å². The van der Waals surface area contributed by atoms with Gasteiger partial charge in [0.05, 0.1) is 0 Å². The first-order valence-electron chi connectivity index (χ1n) is 5.40. The van der Waals surface area contributed by atoms with E-state index in [1.54, 1.807) is 4.90 Å². The van der Waals surface area contributed by atoms with Crippen molar-refractivity contribution in [2.45, 2.75) is 6.92 Å². The molecule has 0 aromatic heterocycles. The largest absolute Gasteiger partial charge is 0.465 e. The second kappa shape index (κ2) is 6.27. The molecule has 0 aromatic carbocycles. The molecule has 1 saturated heterocycles. The van der Waals surface area contributed by atoms with E-state index in [9.17, 15) is 9.59 Å². The first kappa shape index (κ1) is 12.7. The average molecular weight is 226 g/mol. The van der Waals surface area contributed by atoms with Gasteiger partial charge in [-0.05, 0) is 6.08 Å². The number of hydrogen-bond acceptors (Lipinski definition) is 4. The zero-order valence-electron chi connectivity index (χ0n) is 9.65. The van der Waals surface area contributed by atoms with Crippen LogP contribution in [0.25, 0.3) is 0 Å². The van der Waals surface area contributed by atoms with Crippen LogP contribution in [-0.2, 0) is 14.3 Å². The van der Waals surface area contributed by atoms with Crippen molar-refractivity contribution in [2.75, 3.05) is 39.3 Å². The van der Waals surface area contributed by atoms with E-state index in [0.29, 0.717) is 19.7 Å². The number of carbonyl (C=O) groups is 2. The molecule has 1 aliphatic heterocycles. The summed E-state index contributed by atoms with van der Waals surface area (Å²) in [6, 6.07) is 0. The van der Waals surface area contributed by atoms with E-state index in [-0.39, 0.29) is 11.9 Å². The van der Waals surface area contributed by atoms with E-state index in [1.807, 2.05) is 0 Å². The highest BCUT2D eigenvalue weighted by atomic mass is 16.5. The normalized spacial score (nSPS) is 16.9. The van der Waals surface area contributed by atoms with Crippen LogP contribution in [0.5, 0.6) is 0 Å². The van der Waals surface area contributed by atoms with Gasteiger partial charge in [-0.2, -0.15) is 0 Å². The van der Waals surface area contributed by atoms with E-state index < -0.39 is 0 Å². The van der Waals surface area contributed by atoms with Crippen molar-refractivity contribution in [2.24, 2.45) is 0 Å². The lowest BCUT2D eigenvalue weighted by Crippen LogP contribution is -2.49. The molecule has 1 heterocycles. The highest BCUT2D eigenvalue weighted by Gasteiger charge is 2.18. The van der Waals surface area contributed by atoms with Gasteiger partial charge in [0.1, 0.15) is 6.61 Å². The molecule has 0 aliphatic carbocycles. The second-order valence-corrected chi connectivity index (χ2v) is 3.71. The molecule has 0 aromatic rings. The fourth-order valence-corrected chi connectivity index (χ4v) is 1.64. The molecule has 0 N–H and O–H groups in total. The maximum atomic E-state index is 11.3. The van der Waals surface area contributed by atoms with Crippen LogP contribution in [0.15, 0.2) is 12.7 Å². The van der Waals surface area contributed by atoms with Gasteiger partial charge >= 0.3 is 5.97 Å². The summed E-state index contributed by atoms with van der Waals surface area (Å²) in [6.45, 7) is 9.09. The first-order chi connectivity index (χ1) is 7.63. The first-order valence-corrected chi connectivity index (χ1v) is 5.40. The van der Waals surface area contributed by atoms with Crippen molar-refractivity contribution in [3.63, 3.8) is 0 Å². The van der Waals surface area contributed by atoms with Crippen molar-refractivity contribution >= 4 is 11.9 Å². The Labute approximate surface area is 95.6 Å². The monoisotopic (exact) mass is 226 g/mol. The van der Waals surface area contributed by atoms with Gasteiger partial charge in [-0.25, -0.2) is 0 Å². The van der Waals surface area contributed by atoms with Crippen molar-refractivity contribution in [1.29, 1.82) is 0 Å². The van der Waals surface area contributed by atoms with Crippen LogP contribution in [0.1, 0.15) is 6.92 Å². The summed E-state index contributed by atoms with van der Waals surface area (Å²) in [5.74, 6) is -0.264. The molecule has 0 atom stereocenters. The Kier molecular flexibility index (Phi) is 4.98. The molecule has 16 heavy (non-hydrogen) atoms. The fourth-order valence-electron chi connectivity index (χ4n) is 1.64. The van der Waals surface area contributed by atoms with Crippen molar-refractivity contribution < 1.29 is 14.3 Å². The number of esters is 1. The zero-order valence-corrected chi connectivity index (χ0v) is 9.65. The lowest BCUT2D eigenvalue weighted by atomic mass is 10.3. The third kappa shape index (κ3) is 4.02. The van der Waals surface area contributed by atoms with Gasteiger partial charge < -0.3 is 9.64 Å². The van der Waals surface area contributed by atoms with Gasteiger partial charge in [0.25, 0.3) is 0 Å². The molecule has 0 spiro atoms. The van der Waals surface area contributed by atoms with E-state index >= 15 is 0 Å². The minimum absolute atomic E-state index is 0.0142. The Morgan fingerprint density at radius 2 is 1.94 bits per heavy atom. The van der Waals surface area contributed by atoms with Gasteiger partial charge in [0, 0.05) is 39.6 Å². The molecule has 0 saturated carbocycles. The Hall–Kier alpha value is -1.36. The molecular formula is C11H18N2O3. The van der Waals surface area contributed by atoms with Crippen LogP contribution in [0, 0.1) is 0 Å². The van der Waals surface area contributed by atoms with Crippen LogP contribution in [0.2, 0.25) is 0 Å². The van der Waals surface area contributed by atoms with E-state index in [1.165, 1.54) is 13.0 Å². The van der Waals surface area contributed by atoms with E-state index in [0.717, 1.165) is 19.6 Å². The summed E-state index contributed by atoms with van der Waals surface area (Å²) < 4.78 is 4.86. The maximum absolute atomic E-state index is 11.3. The second-order valence-electron chi connectivity index (χ2n) is 3.71. The molecule has 0 radical (unpaired) electrons. The highest BCUT2D eigenvalue weighted by Crippen LogP contribution is 2.02. The molecule has 1 aliphatic rings. The summed E-state index contributed by atoms with van der Waals surface area (Å²) in [6.07, 6.45) is 1.34. The lowest BCUT2D eigenvalue weighted by molar-refractivity contribution is -0.141. The van der Waals surface area contributed by atoms with Crippen LogP contribution in [-0.4, -0.2) is 61.0 Å². The third-order valence-corrected chi connectivity index (χ3v) is 2.57. The van der Waals surface area contributed by atoms with Gasteiger partial charge in [-0.15, -0.1) is 0 Å². The zero-order chi connectivity index (χ0) is 12.0. The topological polar surface area (TPSA) is 49.9 Å². The average Bonchev–Trinajstić information content (AvgIpc) is 2.28. The minimum atomic E-state index is -0.250. The smallest absolute Gasteiger partial charge is 0.302 e. The predicted octanol–water partition coefficient (Wildman–Crippen LogP) is -0.120. The molecular weight excluding hydrogens is 208 g/mol. The minimum Gasteiger partial charge on any atom is -0.465 e. The molecule has 0 bridgehead atoms. The molecule has 1 amide bonds. The van der Waals surface area contributed by atoms with Crippen LogP contribution in [0.4, 0.5) is 0 Å². The van der Waals surface area contributed by atoms with Gasteiger partial charge in [-0.1, -0.05) is 6.58 Å². The van der Waals surface area contributed by atoms with Crippen LogP contribution >= 0.6 is 0 Å². The van der Waals surface area contributed by atoms with E-state index in [2.05, 4.69) is 11.5 Å². The molecule has 5 nitrogen and oxygen atoms in total. The number of carbonyl (C=O) groups excluding carboxylic acids is 2. The number of hydrogen-bond donors (Lipinski definition) is 0. The Morgan fingerprint density at radius 1 is 1.31 bits per heavy atom. The summed E-state index contributed by atoms with van der Waals surface area (Å²) in [4.78, 5) is 25.8. The van der Waals surface area contributed by atoms with Crippen LogP contribution < -0.4 is 0 Å². The summed E-state index contributed by atoms with van der Waals surface area (Å²) in [7, 11) is 0. The summed E-state index contributed by atoms with van der Waals surface area (Å²) in [5.41, 5.74) is 0. The van der Waals surface area contributed by atoms with Gasteiger partial charge in [-0.3, -0.25) is 14.5 Å². The Morgan fingerprint density at radius 3 is 2.44 bits per heavy atom. The SMILES string of the molecule is C=CC(=O)N1CCN(CCOC(C)=O)CC1. The lowest BCUT2D eigenvalue weighted by Gasteiger charge is -2.33. The molecule has 1 fully saturated rings. The molecule has 1 rings (SSSR count). The predicted molar refractivity (Wildman–Crippen MR) is 59.9 cm³/mol. The number of piperazine rings is 1. The number of nitrogens with zero attached hydrogens (tertiary/aromatic N) is 2. The molecule has 90 valence electrons. The molecule has 0 unspecified atom stereocenters. The molecule has 5 heteroatoms. The number of amides is 1. The van der Waals surface area contributed by atoms with E-state index in [4.69, 9.17) is 4.74 Å². The van der Waals surface area contributed by atoms with Crippen molar-refractivity contribution in [3.05, 3.63) is 12.7 Å². The number of ether oxygens (including phenoxy) is 1. The third-order valence-electron chi connectivity index (χ3n) is 2.57. The Balaban J connectivity index is 2.19. The van der Waals surface area contributed by atoms with Gasteiger partial charge in [0.15, 0.2) is 0 Å². The summed E-state index contributed by atoms with van der Waals surface area (Å²) in [5, 5.41) is 0. The summed E-state index contributed by atoms with van der Waals surface area (Å²) >= 11 is 0. The van der Waals surface area contributed by atoms with Gasteiger partial charge in [0.2, 0.25) is 5.91 Å². The van der Waals surface area contributed by atoms with Crippen molar-refractivity contribution in [1.82, 2.24) is 9.80 Å². The quantitative estimate of drug-likeness (QED) is 0.495. The standard InChI is InChI=1S/C11H18N2O3/c1-3-11(15)13-6-4-12(5-7-13)8-9-16-10(2)14/h3H,1,4-9H2,2H3. The maximum Gasteiger partial charge on any atom is 0.302 e. The highest BCUT2D eigenvalue weighted by molar-refractivity contribution is 5.87. The fraction of sp³-hybridized carbons (Fsp3) is 0.636. The number of rotatable bonds is 4. The Bertz CT molecular complexity index is 270. The van der Waals surface area contributed by atoms with Crippen LogP contribution in [0.3, 0.4) is 0 Å².